The van der Waals surface area contributed by atoms with E-state index in [0.717, 1.165) is 6.26 Å². The summed E-state index contributed by atoms with van der Waals surface area (Å²) in [6, 6.07) is 10.6. The molecule has 0 unspecified atom stereocenters. The van der Waals surface area contributed by atoms with Gasteiger partial charge in [0, 0.05) is 24.1 Å². The number of aromatic hydroxyl groups is 1. The van der Waals surface area contributed by atoms with E-state index in [2.05, 4.69) is 5.32 Å². The summed E-state index contributed by atoms with van der Waals surface area (Å²) >= 11 is 0. The Morgan fingerprint density at radius 3 is 2.60 bits per heavy atom. The fourth-order valence-electron chi connectivity index (χ4n) is 1.74. The van der Waals surface area contributed by atoms with E-state index in [4.69, 9.17) is 0 Å². The summed E-state index contributed by atoms with van der Waals surface area (Å²) in [5.41, 5.74) is 0.978. The highest BCUT2D eigenvalue weighted by atomic mass is 32.2. The molecule has 2 aromatic carbocycles. The summed E-state index contributed by atoms with van der Waals surface area (Å²) in [5.74, 6) is -1.09. The van der Waals surface area contributed by atoms with Gasteiger partial charge in [-0.15, -0.1) is 0 Å². The molecule has 0 atom stereocenters. The number of sulfone groups is 1. The minimum Gasteiger partial charge on any atom is -0.505 e. The molecular formula is C14H14FNO3S. The van der Waals surface area contributed by atoms with Gasteiger partial charge in [0.2, 0.25) is 0 Å². The zero-order valence-electron chi connectivity index (χ0n) is 10.8. The van der Waals surface area contributed by atoms with Crippen molar-refractivity contribution in [3.05, 3.63) is 53.8 Å². The van der Waals surface area contributed by atoms with Crippen LogP contribution in [0, 0.1) is 5.82 Å². The molecule has 0 saturated carbocycles. The van der Waals surface area contributed by atoms with Crippen LogP contribution >= 0.6 is 0 Å². The Kier molecular flexibility index (Phi) is 3.94. The first-order chi connectivity index (χ1) is 9.38. The smallest absolute Gasteiger partial charge is 0.175 e. The second-order valence-corrected chi connectivity index (χ2v) is 6.42. The zero-order valence-corrected chi connectivity index (χ0v) is 11.6. The first-order valence-electron chi connectivity index (χ1n) is 5.88. The SMILES string of the molecule is CS(=O)(=O)c1cccc(NCc2cccc(F)c2O)c1. The number of phenols is 1. The molecule has 20 heavy (non-hydrogen) atoms. The van der Waals surface area contributed by atoms with Crippen LogP contribution in [0.15, 0.2) is 47.4 Å². The summed E-state index contributed by atoms with van der Waals surface area (Å²) in [6.07, 6.45) is 1.13. The average molecular weight is 295 g/mol. The lowest BCUT2D eigenvalue weighted by atomic mass is 10.2. The minimum atomic E-state index is -3.27. The van der Waals surface area contributed by atoms with E-state index >= 15 is 0 Å². The van der Waals surface area contributed by atoms with E-state index in [1.165, 1.54) is 24.3 Å². The quantitative estimate of drug-likeness (QED) is 0.909. The van der Waals surface area contributed by atoms with Crippen molar-refractivity contribution in [2.75, 3.05) is 11.6 Å². The average Bonchev–Trinajstić information content (AvgIpc) is 2.40. The van der Waals surface area contributed by atoms with E-state index in [0.29, 0.717) is 11.3 Å². The monoisotopic (exact) mass is 295 g/mol. The Bertz CT molecular complexity index is 729. The molecule has 4 nitrogen and oxygen atoms in total. The van der Waals surface area contributed by atoms with Crippen LogP contribution in [0.3, 0.4) is 0 Å². The maximum absolute atomic E-state index is 13.2. The Labute approximate surface area is 116 Å². The molecule has 0 fully saturated rings. The number of hydrogen-bond donors (Lipinski definition) is 2. The van der Waals surface area contributed by atoms with E-state index < -0.39 is 21.4 Å². The van der Waals surface area contributed by atoms with Crippen molar-refractivity contribution >= 4 is 15.5 Å². The van der Waals surface area contributed by atoms with Crippen molar-refractivity contribution in [3.8, 4) is 5.75 Å². The van der Waals surface area contributed by atoms with E-state index in [1.807, 2.05) is 0 Å². The summed E-state index contributed by atoms with van der Waals surface area (Å²) < 4.78 is 36.0. The summed E-state index contributed by atoms with van der Waals surface area (Å²) in [4.78, 5) is 0.200. The largest absolute Gasteiger partial charge is 0.505 e. The van der Waals surface area contributed by atoms with Gasteiger partial charge in [0.25, 0.3) is 0 Å². The van der Waals surface area contributed by atoms with Gasteiger partial charge in [-0.3, -0.25) is 0 Å². The van der Waals surface area contributed by atoms with Gasteiger partial charge in [-0.1, -0.05) is 18.2 Å². The number of para-hydroxylation sites is 1. The van der Waals surface area contributed by atoms with Gasteiger partial charge < -0.3 is 10.4 Å². The van der Waals surface area contributed by atoms with Gasteiger partial charge in [-0.25, -0.2) is 12.8 Å². The van der Waals surface area contributed by atoms with Crippen molar-refractivity contribution in [2.45, 2.75) is 11.4 Å². The molecule has 106 valence electrons. The maximum atomic E-state index is 13.2. The Morgan fingerprint density at radius 2 is 1.90 bits per heavy atom. The standard InChI is InChI=1S/C14H14FNO3S/c1-20(18,19)12-6-3-5-11(8-12)16-9-10-4-2-7-13(15)14(10)17/h2-8,16-17H,9H2,1H3. The van der Waals surface area contributed by atoms with Crippen LogP contribution in [0.4, 0.5) is 10.1 Å². The van der Waals surface area contributed by atoms with Gasteiger partial charge in [0.05, 0.1) is 4.90 Å². The summed E-state index contributed by atoms with van der Waals surface area (Å²) in [7, 11) is -3.27. The van der Waals surface area contributed by atoms with Crippen LogP contribution in [0.1, 0.15) is 5.56 Å². The second-order valence-electron chi connectivity index (χ2n) is 4.40. The molecule has 2 aromatic rings. The van der Waals surface area contributed by atoms with Crippen LogP contribution in [0.25, 0.3) is 0 Å². The van der Waals surface area contributed by atoms with E-state index in [-0.39, 0.29) is 11.4 Å². The molecule has 0 aliphatic heterocycles. The van der Waals surface area contributed by atoms with Crippen LogP contribution in [0.2, 0.25) is 0 Å². The van der Waals surface area contributed by atoms with Crippen molar-refractivity contribution in [1.82, 2.24) is 0 Å². The molecule has 6 heteroatoms. The number of phenolic OH excluding ortho intramolecular Hbond substituents is 1. The number of benzene rings is 2. The molecule has 0 amide bonds. The van der Waals surface area contributed by atoms with E-state index in [1.54, 1.807) is 18.2 Å². The third kappa shape index (κ3) is 3.27. The van der Waals surface area contributed by atoms with Crippen molar-refractivity contribution < 1.29 is 17.9 Å². The van der Waals surface area contributed by atoms with Crippen molar-refractivity contribution in [3.63, 3.8) is 0 Å². The highest BCUT2D eigenvalue weighted by molar-refractivity contribution is 7.90. The molecule has 0 spiro atoms. The number of hydrogen-bond acceptors (Lipinski definition) is 4. The van der Waals surface area contributed by atoms with Crippen LogP contribution < -0.4 is 5.32 Å². The Morgan fingerprint density at radius 1 is 1.20 bits per heavy atom. The lowest BCUT2D eigenvalue weighted by molar-refractivity contribution is 0.427. The molecule has 0 saturated heterocycles. The fraction of sp³-hybridized carbons (Fsp3) is 0.143. The van der Waals surface area contributed by atoms with Gasteiger partial charge in [0.1, 0.15) is 0 Å². The summed E-state index contributed by atoms with van der Waals surface area (Å²) in [6.45, 7) is 0.191. The summed E-state index contributed by atoms with van der Waals surface area (Å²) in [5, 5.41) is 12.5. The van der Waals surface area contributed by atoms with Crippen molar-refractivity contribution in [2.24, 2.45) is 0 Å². The maximum Gasteiger partial charge on any atom is 0.175 e. The highest BCUT2D eigenvalue weighted by Gasteiger charge is 2.09. The van der Waals surface area contributed by atoms with Gasteiger partial charge >= 0.3 is 0 Å². The first-order valence-corrected chi connectivity index (χ1v) is 7.77. The van der Waals surface area contributed by atoms with Crippen LogP contribution in [-0.2, 0) is 16.4 Å². The number of nitrogens with one attached hydrogen (secondary N) is 1. The Hall–Kier alpha value is -2.08. The third-order valence-corrected chi connectivity index (χ3v) is 3.93. The number of halogens is 1. The minimum absolute atomic E-state index is 0.191. The predicted molar refractivity (Wildman–Crippen MR) is 74.9 cm³/mol. The first kappa shape index (κ1) is 14.3. The third-order valence-electron chi connectivity index (χ3n) is 2.82. The van der Waals surface area contributed by atoms with Gasteiger partial charge in [-0.05, 0) is 24.3 Å². The van der Waals surface area contributed by atoms with Gasteiger partial charge in [0.15, 0.2) is 21.4 Å². The normalized spacial score (nSPS) is 11.3. The fourth-order valence-corrected chi connectivity index (χ4v) is 2.40. The zero-order chi connectivity index (χ0) is 14.8. The lowest BCUT2D eigenvalue weighted by Gasteiger charge is -2.09. The number of anilines is 1. The highest BCUT2D eigenvalue weighted by Crippen LogP contribution is 2.22. The predicted octanol–water partition coefficient (Wildman–Crippen LogP) is 2.55. The second kappa shape index (κ2) is 5.50. The molecule has 0 aliphatic carbocycles. The topological polar surface area (TPSA) is 66.4 Å². The van der Waals surface area contributed by atoms with Crippen LogP contribution in [0.5, 0.6) is 5.75 Å². The van der Waals surface area contributed by atoms with Crippen molar-refractivity contribution in [1.29, 1.82) is 0 Å². The molecule has 0 aliphatic rings. The molecule has 0 aromatic heterocycles. The lowest BCUT2D eigenvalue weighted by Crippen LogP contribution is -2.02. The van der Waals surface area contributed by atoms with Gasteiger partial charge in [-0.2, -0.15) is 0 Å². The Balaban J connectivity index is 2.18. The molecule has 0 heterocycles. The number of rotatable bonds is 4. The molecule has 2 rings (SSSR count). The molecule has 0 bridgehead atoms. The van der Waals surface area contributed by atoms with E-state index in [9.17, 15) is 17.9 Å². The molecule has 0 radical (unpaired) electrons. The molecular weight excluding hydrogens is 281 g/mol. The van der Waals surface area contributed by atoms with Crippen LogP contribution in [-0.4, -0.2) is 19.8 Å². The molecule has 2 N–H and O–H groups in total.